The maximum atomic E-state index is 6.11. The summed E-state index contributed by atoms with van der Waals surface area (Å²) in [6, 6.07) is 5.92. The van der Waals surface area contributed by atoms with E-state index < -0.39 is 0 Å². The van der Waals surface area contributed by atoms with Crippen LogP contribution in [0.25, 0.3) is 10.9 Å². The minimum Gasteiger partial charge on any atom is -0.361 e. The summed E-state index contributed by atoms with van der Waals surface area (Å²) in [7, 11) is 0. The lowest BCUT2D eigenvalue weighted by molar-refractivity contribution is 0.801. The van der Waals surface area contributed by atoms with Crippen LogP contribution >= 0.6 is 22.9 Å². The van der Waals surface area contributed by atoms with Crippen molar-refractivity contribution in [2.24, 2.45) is 4.99 Å². The molecular formula is C18H22ClN5S. The fourth-order valence-electron chi connectivity index (χ4n) is 2.64. The third-order valence-corrected chi connectivity index (χ3v) is 4.93. The van der Waals surface area contributed by atoms with Gasteiger partial charge in [-0.2, -0.15) is 0 Å². The molecule has 25 heavy (non-hydrogen) atoms. The highest BCUT2D eigenvalue weighted by molar-refractivity contribution is 7.11. The average molecular weight is 376 g/mol. The SMILES string of the molecule is CCNC(=NCc1ncc(C)s1)NCCc1c[nH]c2ccc(Cl)cc12. The number of rotatable bonds is 6. The number of benzene rings is 1. The second kappa shape index (κ2) is 8.36. The molecule has 1 aromatic carbocycles. The summed E-state index contributed by atoms with van der Waals surface area (Å²) in [5.41, 5.74) is 2.36. The first-order valence-electron chi connectivity index (χ1n) is 8.34. The number of hydrogen-bond donors (Lipinski definition) is 3. The molecule has 0 aliphatic carbocycles. The van der Waals surface area contributed by atoms with Gasteiger partial charge in [0.2, 0.25) is 0 Å². The first kappa shape index (κ1) is 17.8. The smallest absolute Gasteiger partial charge is 0.191 e. The van der Waals surface area contributed by atoms with Gasteiger partial charge in [-0.1, -0.05) is 11.6 Å². The maximum Gasteiger partial charge on any atom is 0.191 e. The van der Waals surface area contributed by atoms with Crippen LogP contribution in [-0.2, 0) is 13.0 Å². The Bertz CT molecular complexity index is 867. The van der Waals surface area contributed by atoms with Crippen LogP contribution in [0.4, 0.5) is 0 Å². The summed E-state index contributed by atoms with van der Waals surface area (Å²) in [6.45, 7) is 6.33. The summed E-state index contributed by atoms with van der Waals surface area (Å²) in [6.07, 6.45) is 4.82. The van der Waals surface area contributed by atoms with E-state index in [2.05, 4.69) is 39.4 Å². The molecule has 132 valence electrons. The number of halogens is 1. The molecule has 3 N–H and O–H groups in total. The molecule has 2 aromatic heterocycles. The molecule has 0 aliphatic rings. The first-order valence-corrected chi connectivity index (χ1v) is 9.54. The average Bonchev–Trinajstić information content (AvgIpc) is 3.19. The van der Waals surface area contributed by atoms with E-state index in [0.29, 0.717) is 6.54 Å². The number of hydrogen-bond acceptors (Lipinski definition) is 3. The molecule has 0 saturated heterocycles. The summed E-state index contributed by atoms with van der Waals surface area (Å²) >= 11 is 7.79. The van der Waals surface area contributed by atoms with Crippen LogP contribution in [0.5, 0.6) is 0 Å². The van der Waals surface area contributed by atoms with Crippen molar-refractivity contribution in [3.05, 3.63) is 51.1 Å². The normalized spacial score (nSPS) is 11.9. The number of fused-ring (bicyclic) bond motifs is 1. The topological polar surface area (TPSA) is 65.1 Å². The highest BCUT2D eigenvalue weighted by Crippen LogP contribution is 2.22. The predicted molar refractivity (Wildman–Crippen MR) is 107 cm³/mol. The summed E-state index contributed by atoms with van der Waals surface area (Å²) in [5, 5.41) is 9.62. The second-order valence-corrected chi connectivity index (χ2v) is 7.50. The minimum atomic E-state index is 0.594. The van der Waals surface area contributed by atoms with Crippen LogP contribution in [-0.4, -0.2) is 29.0 Å². The molecule has 5 nitrogen and oxygen atoms in total. The lowest BCUT2D eigenvalue weighted by atomic mass is 10.1. The van der Waals surface area contributed by atoms with Gasteiger partial charge < -0.3 is 15.6 Å². The number of H-pyrrole nitrogens is 1. The van der Waals surface area contributed by atoms with E-state index in [-0.39, 0.29) is 0 Å². The molecule has 0 spiro atoms. The van der Waals surface area contributed by atoms with Crippen molar-refractivity contribution in [2.75, 3.05) is 13.1 Å². The fraction of sp³-hybridized carbons (Fsp3) is 0.333. The maximum absolute atomic E-state index is 6.11. The van der Waals surface area contributed by atoms with Gasteiger partial charge in [0, 0.05) is 46.3 Å². The Balaban J connectivity index is 1.60. The molecule has 3 aromatic rings. The van der Waals surface area contributed by atoms with Gasteiger partial charge in [-0.15, -0.1) is 11.3 Å². The standard InChI is InChI=1S/C18H22ClN5S/c1-3-20-18(24-11-17-23-9-12(2)25-17)21-7-6-13-10-22-16-5-4-14(19)8-15(13)16/h4-5,8-10,22H,3,6-7,11H2,1-2H3,(H2,20,21,24). The zero-order valence-corrected chi connectivity index (χ0v) is 16.0. The first-order chi connectivity index (χ1) is 12.2. The molecule has 0 saturated carbocycles. The van der Waals surface area contributed by atoms with Gasteiger partial charge in [0.15, 0.2) is 5.96 Å². The van der Waals surface area contributed by atoms with E-state index in [9.17, 15) is 0 Å². The number of aromatic nitrogens is 2. The molecule has 0 atom stereocenters. The zero-order valence-electron chi connectivity index (χ0n) is 14.4. The number of nitrogens with zero attached hydrogens (tertiary/aromatic N) is 2. The highest BCUT2D eigenvalue weighted by atomic mass is 35.5. The quantitative estimate of drug-likeness (QED) is 0.452. The molecule has 0 amide bonds. The summed E-state index contributed by atoms with van der Waals surface area (Å²) < 4.78 is 0. The Morgan fingerprint density at radius 2 is 2.24 bits per heavy atom. The molecule has 0 bridgehead atoms. The Morgan fingerprint density at radius 1 is 1.36 bits per heavy atom. The van der Waals surface area contributed by atoms with Gasteiger partial charge >= 0.3 is 0 Å². The largest absolute Gasteiger partial charge is 0.361 e. The molecular weight excluding hydrogens is 354 g/mol. The van der Waals surface area contributed by atoms with Crippen LogP contribution in [0.3, 0.4) is 0 Å². The van der Waals surface area contributed by atoms with Gasteiger partial charge in [0.1, 0.15) is 5.01 Å². The molecule has 0 fully saturated rings. The van der Waals surface area contributed by atoms with Gasteiger partial charge in [0.25, 0.3) is 0 Å². The Kier molecular flexibility index (Phi) is 5.94. The molecule has 7 heteroatoms. The van der Waals surface area contributed by atoms with Crippen molar-refractivity contribution in [3.8, 4) is 0 Å². The summed E-state index contributed by atoms with van der Waals surface area (Å²) in [5.74, 6) is 0.813. The number of guanidine groups is 1. The number of thiazole rings is 1. The summed E-state index contributed by atoms with van der Waals surface area (Å²) in [4.78, 5) is 13.5. The minimum absolute atomic E-state index is 0.594. The number of aliphatic imine (C=N–C) groups is 1. The van der Waals surface area contributed by atoms with Gasteiger partial charge in [-0.05, 0) is 44.0 Å². The lowest BCUT2D eigenvalue weighted by Gasteiger charge is -2.10. The molecule has 0 aliphatic heterocycles. The van der Waals surface area contributed by atoms with Crippen LogP contribution < -0.4 is 10.6 Å². The van der Waals surface area contributed by atoms with Crippen molar-refractivity contribution in [1.29, 1.82) is 0 Å². The second-order valence-electron chi connectivity index (χ2n) is 5.74. The van der Waals surface area contributed by atoms with Crippen LogP contribution in [0.15, 0.2) is 35.6 Å². The molecule has 2 heterocycles. The third kappa shape index (κ3) is 4.74. The van der Waals surface area contributed by atoms with Crippen molar-refractivity contribution < 1.29 is 0 Å². The molecule has 0 unspecified atom stereocenters. The van der Waals surface area contributed by atoms with E-state index in [1.807, 2.05) is 30.6 Å². The van der Waals surface area contributed by atoms with E-state index in [1.165, 1.54) is 15.8 Å². The zero-order chi connectivity index (χ0) is 17.6. The Morgan fingerprint density at radius 3 is 3.00 bits per heavy atom. The Hall–Kier alpha value is -2.05. The van der Waals surface area contributed by atoms with Crippen molar-refractivity contribution in [2.45, 2.75) is 26.8 Å². The van der Waals surface area contributed by atoms with Gasteiger partial charge in [-0.25, -0.2) is 9.98 Å². The van der Waals surface area contributed by atoms with Crippen LogP contribution in [0.1, 0.15) is 22.4 Å². The highest BCUT2D eigenvalue weighted by Gasteiger charge is 2.05. The van der Waals surface area contributed by atoms with Crippen molar-refractivity contribution in [3.63, 3.8) is 0 Å². The van der Waals surface area contributed by atoms with Crippen molar-refractivity contribution >= 4 is 39.8 Å². The van der Waals surface area contributed by atoms with Crippen LogP contribution in [0, 0.1) is 6.92 Å². The van der Waals surface area contributed by atoms with E-state index in [0.717, 1.165) is 41.0 Å². The predicted octanol–water partition coefficient (Wildman–Crippen LogP) is 3.88. The molecule has 3 rings (SSSR count). The van der Waals surface area contributed by atoms with E-state index in [4.69, 9.17) is 11.6 Å². The Labute approximate surface area is 156 Å². The van der Waals surface area contributed by atoms with E-state index in [1.54, 1.807) is 11.3 Å². The monoisotopic (exact) mass is 375 g/mol. The number of aryl methyl sites for hydroxylation is 1. The third-order valence-electron chi connectivity index (χ3n) is 3.80. The van der Waals surface area contributed by atoms with E-state index >= 15 is 0 Å². The molecule has 0 radical (unpaired) electrons. The van der Waals surface area contributed by atoms with Gasteiger partial charge in [0.05, 0.1) is 6.54 Å². The lowest BCUT2D eigenvalue weighted by Crippen LogP contribution is -2.38. The fourth-order valence-corrected chi connectivity index (χ4v) is 3.52. The number of aromatic amines is 1. The van der Waals surface area contributed by atoms with Crippen molar-refractivity contribution in [1.82, 2.24) is 20.6 Å². The number of nitrogens with one attached hydrogen (secondary N) is 3. The van der Waals surface area contributed by atoms with Crippen LogP contribution in [0.2, 0.25) is 5.02 Å². The van der Waals surface area contributed by atoms with Gasteiger partial charge in [-0.3, -0.25) is 0 Å².